The molecule has 0 aliphatic carbocycles. The number of methoxy groups -OCH3 is 2. The molecule has 1 unspecified atom stereocenters. The van der Waals surface area contributed by atoms with Crippen LogP contribution in [0, 0.1) is 11.3 Å². The number of benzene rings is 2. The number of amides is 1. The Labute approximate surface area is 165 Å². The minimum atomic E-state index is -0.242. The van der Waals surface area contributed by atoms with Crippen molar-refractivity contribution < 1.29 is 19.2 Å². The van der Waals surface area contributed by atoms with Gasteiger partial charge in [-0.2, -0.15) is 5.26 Å². The average molecular weight is 380 g/mol. The van der Waals surface area contributed by atoms with E-state index in [2.05, 4.69) is 11.4 Å². The van der Waals surface area contributed by atoms with Crippen LogP contribution in [0.2, 0.25) is 0 Å². The molecule has 2 N–H and O–H groups in total. The third-order valence-corrected chi connectivity index (χ3v) is 5.43. The summed E-state index contributed by atoms with van der Waals surface area (Å²) < 4.78 is 11.0. The summed E-state index contributed by atoms with van der Waals surface area (Å²) in [6.45, 7) is 2.86. The lowest BCUT2D eigenvalue weighted by atomic mass is 10.0. The van der Waals surface area contributed by atoms with Gasteiger partial charge < -0.3 is 19.7 Å². The second-order valence-electron chi connectivity index (χ2n) is 7.03. The van der Waals surface area contributed by atoms with Crippen molar-refractivity contribution in [2.75, 3.05) is 26.1 Å². The highest BCUT2D eigenvalue weighted by molar-refractivity contribution is 5.93. The van der Waals surface area contributed by atoms with Crippen molar-refractivity contribution in [1.82, 2.24) is 0 Å². The maximum atomic E-state index is 12.9. The number of nitrogens with one attached hydrogen (secondary N) is 2. The lowest BCUT2D eigenvalue weighted by molar-refractivity contribution is -0.932. The fourth-order valence-corrected chi connectivity index (χ4v) is 3.94. The number of hydrogen-bond donors (Lipinski definition) is 2. The molecule has 0 saturated carbocycles. The predicted octanol–water partition coefficient (Wildman–Crippen LogP) is 2.32. The van der Waals surface area contributed by atoms with Gasteiger partial charge in [0.2, 0.25) is 0 Å². The van der Waals surface area contributed by atoms with E-state index in [9.17, 15) is 4.79 Å². The monoisotopic (exact) mass is 380 g/mol. The molecule has 28 heavy (non-hydrogen) atoms. The summed E-state index contributed by atoms with van der Waals surface area (Å²) in [5, 5.41) is 12.0. The molecule has 0 aromatic heterocycles. The molecule has 0 spiro atoms. The minimum absolute atomic E-state index is 0.0566. The normalized spacial score (nSPS) is 19.5. The van der Waals surface area contributed by atoms with Gasteiger partial charge in [-0.05, 0) is 43.3 Å². The maximum Gasteiger partial charge on any atom is 0.282 e. The largest absolute Gasteiger partial charge is 0.497 e. The lowest BCUT2D eigenvalue weighted by Gasteiger charge is -2.28. The molecule has 3 rings (SSSR count). The summed E-state index contributed by atoms with van der Waals surface area (Å²) >= 11 is 0. The van der Waals surface area contributed by atoms with Gasteiger partial charge in [0, 0.05) is 18.5 Å². The molecule has 2 aromatic rings. The van der Waals surface area contributed by atoms with E-state index in [1.807, 2.05) is 25.1 Å². The van der Waals surface area contributed by atoms with Crippen LogP contribution >= 0.6 is 0 Å². The summed E-state index contributed by atoms with van der Waals surface area (Å²) in [4.78, 5) is 14.1. The highest BCUT2D eigenvalue weighted by atomic mass is 16.5. The first-order valence-electron chi connectivity index (χ1n) is 9.46. The SMILES string of the molecule is COc1ccc(OC)c([C@H]2CCC[NH+]2[C@H](C)C(=O)Nc2cccc(C#N)c2)c1. The molecular weight excluding hydrogens is 354 g/mol. The van der Waals surface area contributed by atoms with Gasteiger partial charge in [-0.1, -0.05) is 6.07 Å². The zero-order valence-corrected chi connectivity index (χ0v) is 16.5. The fourth-order valence-electron chi connectivity index (χ4n) is 3.94. The van der Waals surface area contributed by atoms with Crippen molar-refractivity contribution >= 4 is 11.6 Å². The number of anilines is 1. The van der Waals surface area contributed by atoms with E-state index in [0.29, 0.717) is 11.3 Å². The fraction of sp³-hybridized carbons (Fsp3) is 0.364. The summed E-state index contributed by atoms with van der Waals surface area (Å²) in [6, 6.07) is 14.8. The molecule has 2 aromatic carbocycles. The molecule has 1 aliphatic rings. The number of nitrogens with zero attached hydrogens (tertiary/aromatic N) is 1. The number of rotatable bonds is 6. The van der Waals surface area contributed by atoms with Gasteiger partial charge in [0.05, 0.1) is 38.0 Å². The molecule has 1 heterocycles. The van der Waals surface area contributed by atoms with Crippen LogP contribution in [-0.4, -0.2) is 32.7 Å². The second kappa shape index (κ2) is 8.77. The van der Waals surface area contributed by atoms with Crippen LogP contribution in [0.25, 0.3) is 0 Å². The van der Waals surface area contributed by atoms with Crippen molar-refractivity contribution in [2.45, 2.75) is 31.8 Å². The average Bonchev–Trinajstić information content (AvgIpc) is 3.22. The molecule has 0 radical (unpaired) electrons. The molecule has 6 nitrogen and oxygen atoms in total. The first-order valence-corrected chi connectivity index (χ1v) is 9.46. The molecular formula is C22H26N3O3+. The Morgan fingerprint density at radius 2 is 2.07 bits per heavy atom. The van der Waals surface area contributed by atoms with E-state index in [0.717, 1.165) is 36.4 Å². The standard InChI is InChI=1S/C22H25N3O3/c1-15(22(26)24-17-7-4-6-16(12-17)14-23)25-11-5-8-20(25)19-13-18(27-2)9-10-21(19)28-3/h4,6-7,9-10,12-13,15,20H,5,8,11H2,1-3H3,(H,24,26)/p+1/t15-,20-/m1/s1. The Balaban J connectivity index is 1.80. The Kier molecular flexibility index (Phi) is 6.17. The van der Waals surface area contributed by atoms with Crippen LogP contribution in [-0.2, 0) is 4.79 Å². The van der Waals surface area contributed by atoms with E-state index < -0.39 is 0 Å². The van der Waals surface area contributed by atoms with Gasteiger partial charge in [-0.15, -0.1) is 0 Å². The highest BCUT2D eigenvalue weighted by Gasteiger charge is 2.38. The molecule has 146 valence electrons. The number of hydrogen-bond acceptors (Lipinski definition) is 4. The van der Waals surface area contributed by atoms with Gasteiger partial charge >= 0.3 is 0 Å². The smallest absolute Gasteiger partial charge is 0.282 e. The number of nitriles is 1. The van der Waals surface area contributed by atoms with Crippen LogP contribution in [0.15, 0.2) is 42.5 Å². The van der Waals surface area contributed by atoms with Gasteiger partial charge in [0.1, 0.15) is 17.5 Å². The Hall–Kier alpha value is -3.04. The zero-order chi connectivity index (χ0) is 20.1. The molecule has 0 bridgehead atoms. The number of carbonyl (C=O) groups excluding carboxylic acids is 1. The minimum Gasteiger partial charge on any atom is -0.497 e. The Morgan fingerprint density at radius 1 is 1.25 bits per heavy atom. The van der Waals surface area contributed by atoms with Gasteiger partial charge in [-0.3, -0.25) is 4.79 Å². The van der Waals surface area contributed by atoms with E-state index in [1.165, 1.54) is 4.90 Å². The van der Waals surface area contributed by atoms with E-state index in [4.69, 9.17) is 14.7 Å². The molecule has 1 fully saturated rings. The first kappa shape index (κ1) is 19.7. The third-order valence-electron chi connectivity index (χ3n) is 5.43. The number of ether oxygens (including phenoxy) is 2. The summed E-state index contributed by atoms with van der Waals surface area (Å²) in [5.41, 5.74) is 2.24. The third kappa shape index (κ3) is 4.10. The van der Waals surface area contributed by atoms with Crippen molar-refractivity contribution in [3.63, 3.8) is 0 Å². The highest BCUT2D eigenvalue weighted by Crippen LogP contribution is 2.32. The summed E-state index contributed by atoms with van der Waals surface area (Å²) in [7, 11) is 3.31. The van der Waals surface area contributed by atoms with E-state index in [1.54, 1.807) is 38.5 Å². The topological polar surface area (TPSA) is 75.8 Å². The van der Waals surface area contributed by atoms with Crippen molar-refractivity contribution in [2.24, 2.45) is 0 Å². The van der Waals surface area contributed by atoms with Crippen LogP contribution in [0.3, 0.4) is 0 Å². The summed E-state index contributed by atoms with van der Waals surface area (Å²) in [5.74, 6) is 1.55. The Bertz CT molecular complexity index is 891. The lowest BCUT2D eigenvalue weighted by Crippen LogP contribution is -3.15. The maximum absolute atomic E-state index is 12.9. The van der Waals surface area contributed by atoms with E-state index >= 15 is 0 Å². The Morgan fingerprint density at radius 3 is 2.79 bits per heavy atom. The number of carbonyl (C=O) groups is 1. The van der Waals surface area contributed by atoms with Crippen molar-refractivity contribution in [3.05, 3.63) is 53.6 Å². The zero-order valence-electron chi connectivity index (χ0n) is 16.5. The molecule has 1 amide bonds. The second-order valence-corrected chi connectivity index (χ2v) is 7.03. The van der Waals surface area contributed by atoms with Gasteiger partial charge in [0.15, 0.2) is 6.04 Å². The van der Waals surface area contributed by atoms with Crippen LogP contribution in [0.1, 0.15) is 36.9 Å². The molecule has 6 heteroatoms. The van der Waals surface area contributed by atoms with E-state index in [-0.39, 0.29) is 18.0 Å². The van der Waals surface area contributed by atoms with Crippen molar-refractivity contribution in [3.8, 4) is 17.6 Å². The van der Waals surface area contributed by atoms with Gasteiger partial charge in [-0.25, -0.2) is 0 Å². The number of quaternary nitrogens is 1. The predicted molar refractivity (Wildman–Crippen MR) is 107 cm³/mol. The molecule has 1 aliphatic heterocycles. The van der Waals surface area contributed by atoms with Crippen LogP contribution in [0.5, 0.6) is 11.5 Å². The van der Waals surface area contributed by atoms with Crippen molar-refractivity contribution in [1.29, 1.82) is 5.26 Å². The summed E-state index contributed by atoms with van der Waals surface area (Å²) in [6.07, 6.45) is 2.03. The molecule has 3 atom stereocenters. The molecule has 1 saturated heterocycles. The van der Waals surface area contributed by atoms with Gasteiger partial charge in [0.25, 0.3) is 5.91 Å². The number of likely N-dealkylation sites (tertiary alicyclic amines) is 1. The van der Waals surface area contributed by atoms with Crippen LogP contribution < -0.4 is 19.7 Å². The quantitative estimate of drug-likeness (QED) is 0.807. The van der Waals surface area contributed by atoms with Crippen LogP contribution in [0.4, 0.5) is 5.69 Å². The first-order chi connectivity index (χ1) is 13.6.